The second kappa shape index (κ2) is 9.08. The first-order chi connectivity index (χ1) is 16.2. The molecular weight excluding hydrogens is 458 g/mol. The van der Waals surface area contributed by atoms with Crippen molar-refractivity contribution in [2.24, 2.45) is 5.14 Å². The number of amides is 1. The van der Waals surface area contributed by atoms with Crippen LogP contribution < -0.4 is 14.8 Å². The zero-order valence-electron chi connectivity index (χ0n) is 18.1. The van der Waals surface area contributed by atoms with Crippen molar-refractivity contribution in [1.82, 2.24) is 4.98 Å². The first-order valence-corrected chi connectivity index (χ1v) is 11.8. The lowest BCUT2D eigenvalue weighted by atomic mass is 9.95. The van der Waals surface area contributed by atoms with Crippen LogP contribution in [0.3, 0.4) is 0 Å². The summed E-state index contributed by atoms with van der Waals surface area (Å²) in [4.78, 5) is 31.3. The molecule has 3 aromatic rings. The van der Waals surface area contributed by atoms with Crippen molar-refractivity contribution in [3.05, 3.63) is 89.8 Å². The minimum Gasteiger partial charge on any atom is -0.507 e. The Kier molecular flexibility index (Phi) is 6.18. The van der Waals surface area contributed by atoms with E-state index in [9.17, 15) is 23.1 Å². The normalized spacial score (nSPS) is 17.7. The largest absolute Gasteiger partial charge is 0.507 e. The van der Waals surface area contributed by atoms with Crippen LogP contribution >= 0.6 is 0 Å². The Morgan fingerprint density at radius 3 is 2.38 bits per heavy atom. The molecule has 1 aliphatic heterocycles. The van der Waals surface area contributed by atoms with E-state index in [2.05, 4.69) is 4.98 Å². The van der Waals surface area contributed by atoms with E-state index in [1.807, 2.05) is 6.92 Å². The fourth-order valence-electron chi connectivity index (χ4n) is 3.81. The van der Waals surface area contributed by atoms with Gasteiger partial charge >= 0.3 is 0 Å². The van der Waals surface area contributed by atoms with Crippen molar-refractivity contribution in [2.45, 2.75) is 17.9 Å². The summed E-state index contributed by atoms with van der Waals surface area (Å²) in [7, 11) is -3.94. The molecule has 1 atom stereocenters. The number of aliphatic hydroxyl groups excluding tert-OH is 1. The number of benzene rings is 2. The average Bonchev–Trinajstić information content (AvgIpc) is 3.09. The van der Waals surface area contributed by atoms with Crippen LogP contribution in [0.15, 0.2) is 83.5 Å². The highest BCUT2D eigenvalue weighted by Crippen LogP contribution is 2.42. The topological polar surface area (TPSA) is 140 Å². The number of ether oxygens (including phenoxy) is 1. The molecule has 0 bridgehead atoms. The minimum absolute atomic E-state index is 0.111. The summed E-state index contributed by atoms with van der Waals surface area (Å²) < 4.78 is 28.7. The van der Waals surface area contributed by atoms with Crippen LogP contribution in [0.25, 0.3) is 5.76 Å². The number of nitrogens with two attached hydrogens (primary N) is 1. The molecule has 174 valence electrons. The van der Waals surface area contributed by atoms with E-state index in [0.717, 1.165) is 0 Å². The number of pyridine rings is 1. The predicted molar refractivity (Wildman–Crippen MR) is 124 cm³/mol. The summed E-state index contributed by atoms with van der Waals surface area (Å²) in [5, 5.41) is 16.3. The monoisotopic (exact) mass is 479 g/mol. The van der Waals surface area contributed by atoms with E-state index in [0.29, 0.717) is 23.5 Å². The van der Waals surface area contributed by atoms with Crippen LogP contribution in [0.5, 0.6) is 5.75 Å². The van der Waals surface area contributed by atoms with E-state index < -0.39 is 27.8 Å². The number of ketones is 1. The van der Waals surface area contributed by atoms with Gasteiger partial charge in [-0.25, -0.2) is 13.6 Å². The third-order valence-electron chi connectivity index (χ3n) is 5.33. The van der Waals surface area contributed by atoms with Gasteiger partial charge in [0.1, 0.15) is 11.5 Å². The van der Waals surface area contributed by atoms with E-state index in [4.69, 9.17) is 9.88 Å². The van der Waals surface area contributed by atoms with Gasteiger partial charge in [0.05, 0.1) is 23.1 Å². The molecule has 2 heterocycles. The molecule has 1 fully saturated rings. The Balaban J connectivity index is 1.89. The van der Waals surface area contributed by atoms with E-state index >= 15 is 0 Å². The van der Waals surface area contributed by atoms with Crippen LogP contribution in [0.4, 0.5) is 5.69 Å². The number of nitrogens with zero attached hydrogens (tertiary/aromatic N) is 2. The number of aliphatic hydroxyl groups is 1. The van der Waals surface area contributed by atoms with Crippen molar-refractivity contribution in [3.8, 4) is 5.75 Å². The van der Waals surface area contributed by atoms with Gasteiger partial charge in [-0.2, -0.15) is 0 Å². The second-order valence-electron chi connectivity index (χ2n) is 7.45. The zero-order chi connectivity index (χ0) is 24.5. The number of anilines is 1. The maximum absolute atomic E-state index is 13.2. The summed E-state index contributed by atoms with van der Waals surface area (Å²) in [5.74, 6) is -1.60. The molecule has 0 spiro atoms. The lowest BCUT2D eigenvalue weighted by Crippen LogP contribution is -2.29. The summed E-state index contributed by atoms with van der Waals surface area (Å²) in [6, 6.07) is 14.1. The summed E-state index contributed by atoms with van der Waals surface area (Å²) in [6.07, 6.45) is 3.02. The lowest BCUT2D eigenvalue weighted by Gasteiger charge is -2.25. The molecule has 34 heavy (non-hydrogen) atoms. The number of carbonyl (C=O) groups excluding carboxylic acids is 2. The van der Waals surface area contributed by atoms with Gasteiger partial charge in [-0.05, 0) is 61.0 Å². The highest BCUT2D eigenvalue weighted by molar-refractivity contribution is 7.89. The molecule has 0 saturated carbocycles. The van der Waals surface area contributed by atoms with Crippen molar-refractivity contribution in [2.75, 3.05) is 11.5 Å². The summed E-state index contributed by atoms with van der Waals surface area (Å²) in [5.41, 5.74) is 0.999. The molecule has 4 rings (SSSR count). The van der Waals surface area contributed by atoms with Gasteiger partial charge in [0.15, 0.2) is 0 Å². The Morgan fingerprint density at radius 2 is 1.76 bits per heavy atom. The molecule has 10 heteroatoms. The second-order valence-corrected chi connectivity index (χ2v) is 9.01. The third-order valence-corrected chi connectivity index (χ3v) is 6.26. The molecule has 9 nitrogen and oxygen atoms in total. The SMILES string of the molecule is CCOc1cccc(/C(O)=C2\C(=O)C(=O)N(c3ccc(S(N)(=O)=O)cc3)C2c2ccncc2)c1. The van der Waals surface area contributed by atoms with Gasteiger partial charge in [-0.1, -0.05) is 12.1 Å². The van der Waals surface area contributed by atoms with Gasteiger partial charge in [0.25, 0.3) is 11.7 Å². The van der Waals surface area contributed by atoms with E-state index in [-0.39, 0.29) is 21.9 Å². The zero-order valence-corrected chi connectivity index (χ0v) is 18.9. The van der Waals surface area contributed by atoms with Crippen molar-refractivity contribution < 1.29 is 27.9 Å². The van der Waals surface area contributed by atoms with Crippen molar-refractivity contribution in [3.63, 3.8) is 0 Å². The molecule has 1 saturated heterocycles. The third kappa shape index (κ3) is 4.28. The molecule has 3 N–H and O–H groups in total. The Labute approximate surface area is 196 Å². The highest BCUT2D eigenvalue weighted by Gasteiger charge is 2.47. The molecule has 1 aliphatic rings. The van der Waals surface area contributed by atoms with Gasteiger partial charge in [0, 0.05) is 23.6 Å². The van der Waals surface area contributed by atoms with Crippen LogP contribution in [0, 0.1) is 0 Å². The fourth-order valence-corrected chi connectivity index (χ4v) is 4.33. The first kappa shape index (κ1) is 23.1. The molecule has 2 aromatic carbocycles. The van der Waals surface area contributed by atoms with Gasteiger partial charge in [-0.3, -0.25) is 19.5 Å². The highest BCUT2D eigenvalue weighted by atomic mass is 32.2. The van der Waals surface area contributed by atoms with Crippen LogP contribution in [-0.4, -0.2) is 36.8 Å². The van der Waals surface area contributed by atoms with Gasteiger partial charge < -0.3 is 9.84 Å². The van der Waals surface area contributed by atoms with Crippen LogP contribution in [0.1, 0.15) is 24.1 Å². The first-order valence-electron chi connectivity index (χ1n) is 10.3. The quantitative estimate of drug-likeness (QED) is 0.315. The maximum Gasteiger partial charge on any atom is 0.300 e. The molecule has 1 aromatic heterocycles. The predicted octanol–water partition coefficient (Wildman–Crippen LogP) is 2.75. The Hall–Kier alpha value is -4.02. The molecule has 1 unspecified atom stereocenters. The fraction of sp³-hybridized carbons (Fsp3) is 0.125. The van der Waals surface area contributed by atoms with Crippen molar-refractivity contribution >= 4 is 33.2 Å². The number of Topliss-reactive ketones (excluding diaryl/α,β-unsaturated/α-hetero) is 1. The molecule has 0 radical (unpaired) electrons. The number of hydrogen-bond acceptors (Lipinski definition) is 7. The summed E-state index contributed by atoms with van der Waals surface area (Å²) in [6.45, 7) is 2.24. The average molecular weight is 480 g/mol. The summed E-state index contributed by atoms with van der Waals surface area (Å²) >= 11 is 0. The molecule has 1 amide bonds. The molecule has 0 aliphatic carbocycles. The lowest BCUT2D eigenvalue weighted by molar-refractivity contribution is -0.132. The van der Waals surface area contributed by atoms with Gasteiger partial charge in [0.2, 0.25) is 10.0 Å². The van der Waals surface area contributed by atoms with E-state index in [1.54, 1.807) is 36.4 Å². The number of rotatable bonds is 6. The minimum atomic E-state index is -3.94. The Morgan fingerprint density at radius 1 is 1.09 bits per heavy atom. The number of aromatic nitrogens is 1. The number of sulfonamides is 1. The van der Waals surface area contributed by atoms with E-state index in [1.165, 1.54) is 41.6 Å². The van der Waals surface area contributed by atoms with Gasteiger partial charge in [-0.15, -0.1) is 0 Å². The van der Waals surface area contributed by atoms with Crippen LogP contribution in [-0.2, 0) is 19.6 Å². The standard InChI is InChI=1S/C24H21N3O6S/c1-2-33-18-5-3-4-16(14-18)22(28)20-21(15-10-12-26-13-11-15)27(24(30)23(20)29)17-6-8-19(9-7-17)34(25,31)32/h3-14,21,28H,2H2,1H3,(H2,25,31,32)/b22-20+. The Bertz CT molecular complexity index is 1390. The van der Waals surface area contributed by atoms with Crippen LogP contribution in [0.2, 0.25) is 0 Å². The smallest absolute Gasteiger partial charge is 0.300 e. The maximum atomic E-state index is 13.2. The number of primary sulfonamides is 1. The van der Waals surface area contributed by atoms with Crippen molar-refractivity contribution in [1.29, 1.82) is 0 Å². The molecular formula is C24H21N3O6S. The number of carbonyl (C=O) groups is 2. The number of hydrogen-bond donors (Lipinski definition) is 2.